The summed E-state index contributed by atoms with van der Waals surface area (Å²) in [6, 6.07) is 2.01. The maximum absolute atomic E-state index is 12.1. The Morgan fingerprint density at radius 1 is 1.22 bits per heavy atom. The molecule has 0 saturated carbocycles. The van der Waals surface area contributed by atoms with Crippen LogP contribution in [0.3, 0.4) is 0 Å². The van der Waals surface area contributed by atoms with Crippen molar-refractivity contribution in [3.63, 3.8) is 0 Å². The summed E-state index contributed by atoms with van der Waals surface area (Å²) in [7, 11) is -3.42. The third kappa shape index (κ3) is 4.21. The van der Waals surface area contributed by atoms with Crippen molar-refractivity contribution in [2.24, 2.45) is 0 Å². The van der Waals surface area contributed by atoms with E-state index < -0.39 is 15.7 Å². The Bertz CT molecular complexity index is 413. The van der Waals surface area contributed by atoms with Gasteiger partial charge < -0.3 is 0 Å². The summed E-state index contributed by atoms with van der Waals surface area (Å²) in [5, 5.41) is 8.83. The zero-order valence-electron chi connectivity index (χ0n) is 11.5. The molecule has 1 saturated heterocycles. The van der Waals surface area contributed by atoms with Crippen molar-refractivity contribution >= 4 is 10.2 Å². The Hall–Kier alpha value is -0.680. The molecule has 1 unspecified atom stereocenters. The smallest absolute Gasteiger partial charge is 0.280 e. The predicted octanol–water partition coefficient (Wildman–Crippen LogP) is 0.149. The van der Waals surface area contributed by atoms with E-state index in [9.17, 15) is 8.42 Å². The zero-order valence-corrected chi connectivity index (χ0v) is 12.3. The van der Waals surface area contributed by atoms with Gasteiger partial charge in [-0.05, 0) is 27.7 Å². The molecule has 0 bridgehead atoms. The molecule has 18 heavy (non-hydrogen) atoms. The van der Waals surface area contributed by atoms with Gasteiger partial charge in [-0.15, -0.1) is 0 Å². The van der Waals surface area contributed by atoms with Gasteiger partial charge in [-0.3, -0.25) is 4.90 Å². The van der Waals surface area contributed by atoms with E-state index in [2.05, 4.69) is 10.8 Å². The predicted molar refractivity (Wildman–Crippen MR) is 70.0 cm³/mol. The van der Waals surface area contributed by atoms with Crippen LogP contribution in [0.5, 0.6) is 0 Å². The van der Waals surface area contributed by atoms with Crippen LogP contribution in [0.1, 0.15) is 27.7 Å². The highest BCUT2D eigenvalue weighted by Crippen LogP contribution is 2.11. The van der Waals surface area contributed by atoms with Gasteiger partial charge in [-0.2, -0.15) is 22.7 Å². The molecule has 6 nitrogen and oxygen atoms in total. The van der Waals surface area contributed by atoms with Gasteiger partial charge in [0, 0.05) is 31.7 Å². The molecule has 0 spiro atoms. The van der Waals surface area contributed by atoms with Gasteiger partial charge in [0.15, 0.2) is 0 Å². The number of hydrogen-bond donors (Lipinski definition) is 1. The number of nitrogens with one attached hydrogen (secondary N) is 1. The zero-order chi connectivity index (χ0) is 14.0. The fourth-order valence-electron chi connectivity index (χ4n) is 1.86. The first-order valence-corrected chi connectivity index (χ1v) is 7.52. The molecule has 0 aromatic heterocycles. The van der Waals surface area contributed by atoms with E-state index >= 15 is 0 Å². The number of nitrogens with zero attached hydrogens (tertiary/aromatic N) is 3. The molecular formula is C11H22N4O2S. The van der Waals surface area contributed by atoms with Crippen molar-refractivity contribution in [3.8, 4) is 6.07 Å². The fraction of sp³-hybridized carbons (Fsp3) is 0.909. The third-order valence-electron chi connectivity index (χ3n) is 2.78. The van der Waals surface area contributed by atoms with Crippen LogP contribution in [0.25, 0.3) is 0 Å². The van der Waals surface area contributed by atoms with Crippen LogP contribution >= 0.6 is 0 Å². The molecule has 1 aliphatic rings. The lowest BCUT2D eigenvalue weighted by Crippen LogP contribution is -2.56. The molecule has 104 valence electrons. The molecule has 1 rings (SSSR count). The molecule has 0 radical (unpaired) electrons. The van der Waals surface area contributed by atoms with Crippen molar-refractivity contribution in [2.75, 3.05) is 26.2 Å². The van der Waals surface area contributed by atoms with Crippen molar-refractivity contribution in [1.29, 1.82) is 5.26 Å². The minimum absolute atomic E-state index is 0.162. The average molecular weight is 274 g/mol. The molecule has 1 aliphatic heterocycles. The standard InChI is InChI=1S/C11H22N4O2S/c1-10(9-12)14-5-7-15(8-6-14)18(16,17)13-11(2,3)4/h10,13H,5-8H2,1-4H3. The lowest BCUT2D eigenvalue weighted by Gasteiger charge is -2.36. The Morgan fingerprint density at radius 2 is 1.72 bits per heavy atom. The summed E-state index contributed by atoms with van der Waals surface area (Å²) in [5.74, 6) is 0. The van der Waals surface area contributed by atoms with Crippen molar-refractivity contribution < 1.29 is 8.42 Å². The van der Waals surface area contributed by atoms with Crippen LogP contribution < -0.4 is 4.72 Å². The summed E-state index contributed by atoms with van der Waals surface area (Å²) in [6.45, 7) is 9.33. The van der Waals surface area contributed by atoms with Gasteiger partial charge in [-0.1, -0.05) is 0 Å². The molecule has 0 aliphatic carbocycles. The van der Waals surface area contributed by atoms with E-state index in [0.29, 0.717) is 26.2 Å². The van der Waals surface area contributed by atoms with E-state index in [-0.39, 0.29) is 6.04 Å². The highest BCUT2D eigenvalue weighted by atomic mass is 32.2. The summed E-state index contributed by atoms with van der Waals surface area (Å²) in [5.41, 5.74) is -0.476. The number of piperazine rings is 1. The molecule has 1 heterocycles. The highest BCUT2D eigenvalue weighted by Gasteiger charge is 2.31. The lowest BCUT2D eigenvalue weighted by atomic mass is 10.1. The van der Waals surface area contributed by atoms with Crippen LogP contribution in [-0.2, 0) is 10.2 Å². The van der Waals surface area contributed by atoms with E-state index in [1.807, 2.05) is 32.6 Å². The van der Waals surface area contributed by atoms with Gasteiger partial charge in [-0.25, -0.2) is 0 Å². The first-order chi connectivity index (χ1) is 8.15. The van der Waals surface area contributed by atoms with Crippen LogP contribution in [0.2, 0.25) is 0 Å². The topological polar surface area (TPSA) is 76.4 Å². The summed E-state index contributed by atoms with van der Waals surface area (Å²) < 4.78 is 28.2. The monoisotopic (exact) mass is 274 g/mol. The molecule has 1 atom stereocenters. The average Bonchev–Trinajstić information content (AvgIpc) is 2.25. The SMILES string of the molecule is CC(C#N)N1CCN(S(=O)(=O)NC(C)(C)C)CC1. The molecule has 0 amide bonds. The first kappa shape index (κ1) is 15.4. The van der Waals surface area contributed by atoms with Crippen LogP contribution in [0.4, 0.5) is 0 Å². The number of rotatable bonds is 3. The van der Waals surface area contributed by atoms with Gasteiger partial charge in [0.25, 0.3) is 10.2 Å². The maximum atomic E-state index is 12.1. The van der Waals surface area contributed by atoms with Crippen LogP contribution in [0.15, 0.2) is 0 Å². The Morgan fingerprint density at radius 3 is 2.11 bits per heavy atom. The largest absolute Gasteiger partial charge is 0.286 e. The molecule has 0 aromatic rings. The van der Waals surface area contributed by atoms with Gasteiger partial charge in [0.05, 0.1) is 12.1 Å². The quantitative estimate of drug-likeness (QED) is 0.795. The molecule has 7 heteroatoms. The fourth-order valence-corrected chi connectivity index (χ4v) is 3.41. The minimum atomic E-state index is -3.42. The van der Waals surface area contributed by atoms with Crippen molar-refractivity contribution in [3.05, 3.63) is 0 Å². The van der Waals surface area contributed by atoms with Crippen molar-refractivity contribution in [2.45, 2.75) is 39.3 Å². The van der Waals surface area contributed by atoms with E-state index in [1.165, 1.54) is 4.31 Å². The number of nitriles is 1. The summed E-state index contributed by atoms with van der Waals surface area (Å²) >= 11 is 0. The Kier molecular flexibility index (Phi) is 4.72. The Balaban J connectivity index is 2.61. The lowest BCUT2D eigenvalue weighted by molar-refractivity contribution is 0.168. The Labute approximate surface area is 110 Å². The summed E-state index contributed by atoms with van der Waals surface area (Å²) in [6.07, 6.45) is 0. The van der Waals surface area contributed by atoms with E-state index in [1.54, 1.807) is 0 Å². The maximum Gasteiger partial charge on any atom is 0.280 e. The minimum Gasteiger partial charge on any atom is -0.286 e. The van der Waals surface area contributed by atoms with E-state index in [0.717, 1.165) is 0 Å². The molecular weight excluding hydrogens is 252 g/mol. The van der Waals surface area contributed by atoms with Crippen molar-refractivity contribution in [1.82, 2.24) is 13.9 Å². The third-order valence-corrected chi connectivity index (χ3v) is 4.70. The highest BCUT2D eigenvalue weighted by molar-refractivity contribution is 7.87. The molecule has 1 N–H and O–H groups in total. The van der Waals surface area contributed by atoms with Gasteiger partial charge >= 0.3 is 0 Å². The van der Waals surface area contributed by atoms with Crippen LogP contribution in [0, 0.1) is 11.3 Å². The normalized spacial score (nSPS) is 21.5. The molecule has 0 aromatic carbocycles. The second-order valence-electron chi connectivity index (χ2n) is 5.60. The van der Waals surface area contributed by atoms with Gasteiger partial charge in [0.1, 0.15) is 0 Å². The molecule has 1 fully saturated rings. The number of hydrogen-bond acceptors (Lipinski definition) is 4. The van der Waals surface area contributed by atoms with E-state index in [4.69, 9.17) is 5.26 Å². The van der Waals surface area contributed by atoms with Crippen LogP contribution in [-0.4, -0.2) is 55.4 Å². The second kappa shape index (κ2) is 5.53. The first-order valence-electron chi connectivity index (χ1n) is 6.08. The second-order valence-corrected chi connectivity index (χ2v) is 7.27. The van der Waals surface area contributed by atoms with Gasteiger partial charge in [0.2, 0.25) is 0 Å². The summed E-state index contributed by atoms with van der Waals surface area (Å²) in [4.78, 5) is 1.99.